The average molecular weight is 244 g/mol. The highest BCUT2D eigenvalue weighted by Gasteiger charge is 2.04. The summed E-state index contributed by atoms with van der Waals surface area (Å²) in [6, 6.07) is 8.01. The third-order valence-corrected chi connectivity index (χ3v) is 2.71. The lowest BCUT2D eigenvalue weighted by molar-refractivity contribution is -0.120. The van der Waals surface area contributed by atoms with Gasteiger partial charge in [-0.15, -0.1) is 0 Å². The molecule has 0 unspecified atom stereocenters. The molecular formula is C13H16N4O. The van der Waals surface area contributed by atoms with Gasteiger partial charge in [-0.2, -0.15) is 5.10 Å². The number of hydrogen-bond donors (Lipinski definition) is 1. The number of nitrogens with one attached hydrogen (secondary N) is 1. The lowest BCUT2D eigenvalue weighted by Crippen LogP contribution is -2.22. The molecule has 18 heavy (non-hydrogen) atoms. The fourth-order valence-electron chi connectivity index (χ4n) is 1.69. The van der Waals surface area contributed by atoms with E-state index in [9.17, 15) is 4.79 Å². The van der Waals surface area contributed by atoms with Crippen molar-refractivity contribution in [1.29, 1.82) is 0 Å². The highest BCUT2D eigenvalue weighted by atomic mass is 16.1. The van der Waals surface area contributed by atoms with Gasteiger partial charge in [-0.3, -0.25) is 4.79 Å². The molecule has 2 rings (SSSR count). The molecule has 5 heteroatoms. The Labute approximate surface area is 106 Å². The van der Waals surface area contributed by atoms with Gasteiger partial charge in [0.1, 0.15) is 12.7 Å². The topological polar surface area (TPSA) is 59.8 Å². The molecule has 0 radical (unpaired) electrons. The van der Waals surface area contributed by atoms with Crippen LogP contribution in [0.4, 0.5) is 0 Å². The van der Waals surface area contributed by atoms with Gasteiger partial charge in [-0.1, -0.05) is 31.2 Å². The SMILES string of the molecule is CCC(=O)NCc1ccccc1Cn1cncn1. The van der Waals surface area contributed by atoms with Crippen LogP contribution in [0, 0.1) is 0 Å². The van der Waals surface area contributed by atoms with Crippen LogP contribution in [0.15, 0.2) is 36.9 Å². The Morgan fingerprint density at radius 3 is 2.78 bits per heavy atom. The summed E-state index contributed by atoms with van der Waals surface area (Å²) in [4.78, 5) is 15.2. The third kappa shape index (κ3) is 3.16. The monoisotopic (exact) mass is 244 g/mol. The predicted molar refractivity (Wildman–Crippen MR) is 67.7 cm³/mol. The molecule has 0 aliphatic rings. The Kier molecular flexibility index (Phi) is 4.06. The Bertz CT molecular complexity index is 507. The normalized spacial score (nSPS) is 10.3. The van der Waals surface area contributed by atoms with Crippen molar-refractivity contribution in [1.82, 2.24) is 20.1 Å². The van der Waals surface area contributed by atoms with E-state index in [0.717, 1.165) is 11.1 Å². The number of amides is 1. The minimum absolute atomic E-state index is 0.0607. The molecule has 0 aliphatic heterocycles. The molecule has 0 atom stereocenters. The quantitative estimate of drug-likeness (QED) is 0.863. The highest BCUT2D eigenvalue weighted by molar-refractivity contribution is 5.75. The first-order valence-corrected chi connectivity index (χ1v) is 5.95. The number of carbonyl (C=O) groups excluding carboxylic acids is 1. The summed E-state index contributed by atoms with van der Waals surface area (Å²) in [5, 5.41) is 6.97. The number of aromatic nitrogens is 3. The van der Waals surface area contributed by atoms with Gasteiger partial charge in [-0.25, -0.2) is 9.67 Å². The van der Waals surface area contributed by atoms with E-state index in [1.807, 2.05) is 31.2 Å². The van der Waals surface area contributed by atoms with Crippen LogP contribution in [-0.4, -0.2) is 20.7 Å². The van der Waals surface area contributed by atoms with E-state index >= 15 is 0 Å². The van der Waals surface area contributed by atoms with Crippen molar-refractivity contribution in [3.8, 4) is 0 Å². The molecule has 1 aromatic carbocycles. The standard InChI is InChI=1S/C13H16N4O/c1-2-13(18)15-7-11-5-3-4-6-12(11)8-17-10-14-9-16-17/h3-6,9-10H,2,7-8H2,1H3,(H,15,18). The molecule has 2 aromatic rings. The van der Waals surface area contributed by atoms with Crippen LogP contribution in [0.1, 0.15) is 24.5 Å². The fourth-order valence-corrected chi connectivity index (χ4v) is 1.69. The highest BCUT2D eigenvalue weighted by Crippen LogP contribution is 2.09. The Morgan fingerprint density at radius 1 is 1.33 bits per heavy atom. The van der Waals surface area contributed by atoms with E-state index < -0.39 is 0 Å². The van der Waals surface area contributed by atoms with E-state index in [-0.39, 0.29) is 5.91 Å². The van der Waals surface area contributed by atoms with Gasteiger partial charge >= 0.3 is 0 Å². The minimum atomic E-state index is 0.0607. The summed E-state index contributed by atoms with van der Waals surface area (Å²) in [6.45, 7) is 3.06. The van der Waals surface area contributed by atoms with Crippen LogP contribution in [0.2, 0.25) is 0 Å². The largest absolute Gasteiger partial charge is 0.352 e. The van der Waals surface area contributed by atoms with Crippen molar-refractivity contribution >= 4 is 5.91 Å². The van der Waals surface area contributed by atoms with Crippen molar-refractivity contribution in [2.24, 2.45) is 0 Å². The first kappa shape index (κ1) is 12.3. The second-order valence-electron chi connectivity index (χ2n) is 3.99. The van der Waals surface area contributed by atoms with Crippen molar-refractivity contribution in [3.63, 3.8) is 0 Å². The smallest absolute Gasteiger partial charge is 0.219 e. The van der Waals surface area contributed by atoms with Gasteiger partial charge in [0.15, 0.2) is 0 Å². The van der Waals surface area contributed by atoms with Crippen LogP contribution in [-0.2, 0) is 17.9 Å². The maximum atomic E-state index is 11.3. The fraction of sp³-hybridized carbons (Fsp3) is 0.308. The molecule has 0 spiro atoms. The molecule has 5 nitrogen and oxygen atoms in total. The maximum absolute atomic E-state index is 11.3. The van der Waals surface area contributed by atoms with Crippen molar-refractivity contribution in [2.45, 2.75) is 26.4 Å². The number of rotatable bonds is 5. The predicted octanol–water partition coefficient (Wildman–Crippen LogP) is 1.35. The van der Waals surface area contributed by atoms with E-state index in [2.05, 4.69) is 15.4 Å². The summed E-state index contributed by atoms with van der Waals surface area (Å²) in [6.07, 6.45) is 3.70. The van der Waals surface area contributed by atoms with Gasteiger partial charge < -0.3 is 5.32 Å². The summed E-state index contributed by atoms with van der Waals surface area (Å²) in [7, 11) is 0. The summed E-state index contributed by atoms with van der Waals surface area (Å²) >= 11 is 0. The van der Waals surface area contributed by atoms with E-state index in [1.54, 1.807) is 11.0 Å². The molecule has 94 valence electrons. The van der Waals surface area contributed by atoms with Crippen LogP contribution in [0.5, 0.6) is 0 Å². The number of carbonyl (C=O) groups is 1. The molecular weight excluding hydrogens is 228 g/mol. The van der Waals surface area contributed by atoms with Gasteiger partial charge in [0.05, 0.1) is 6.54 Å². The van der Waals surface area contributed by atoms with Crippen molar-refractivity contribution in [2.75, 3.05) is 0 Å². The molecule has 1 amide bonds. The van der Waals surface area contributed by atoms with Crippen LogP contribution >= 0.6 is 0 Å². The molecule has 1 N–H and O–H groups in total. The average Bonchev–Trinajstić information content (AvgIpc) is 2.90. The zero-order valence-electron chi connectivity index (χ0n) is 10.3. The first-order valence-electron chi connectivity index (χ1n) is 5.95. The Hall–Kier alpha value is -2.17. The first-order chi connectivity index (χ1) is 8.79. The molecule has 1 aromatic heterocycles. The van der Waals surface area contributed by atoms with Crippen LogP contribution in [0.3, 0.4) is 0 Å². The van der Waals surface area contributed by atoms with Crippen LogP contribution in [0.25, 0.3) is 0 Å². The van der Waals surface area contributed by atoms with Crippen molar-refractivity contribution < 1.29 is 4.79 Å². The second-order valence-corrected chi connectivity index (χ2v) is 3.99. The molecule has 0 saturated carbocycles. The zero-order valence-corrected chi connectivity index (χ0v) is 10.3. The molecule has 1 heterocycles. The molecule has 0 bridgehead atoms. The maximum Gasteiger partial charge on any atom is 0.219 e. The minimum Gasteiger partial charge on any atom is -0.352 e. The van der Waals surface area contributed by atoms with E-state index in [4.69, 9.17) is 0 Å². The zero-order chi connectivity index (χ0) is 12.8. The van der Waals surface area contributed by atoms with Gasteiger partial charge in [0.2, 0.25) is 5.91 Å². The summed E-state index contributed by atoms with van der Waals surface area (Å²) in [5.41, 5.74) is 2.24. The second kappa shape index (κ2) is 5.95. The summed E-state index contributed by atoms with van der Waals surface area (Å²) < 4.78 is 1.76. The third-order valence-electron chi connectivity index (χ3n) is 2.71. The summed E-state index contributed by atoms with van der Waals surface area (Å²) in [5.74, 6) is 0.0607. The Balaban J connectivity index is 2.08. The lowest BCUT2D eigenvalue weighted by atomic mass is 10.1. The Morgan fingerprint density at radius 2 is 2.11 bits per heavy atom. The molecule has 0 aliphatic carbocycles. The molecule has 0 fully saturated rings. The van der Waals surface area contributed by atoms with E-state index in [1.165, 1.54) is 6.33 Å². The van der Waals surface area contributed by atoms with E-state index in [0.29, 0.717) is 19.5 Å². The number of nitrogens with zero attached hydrogens (tertiary/aromatic N) is 3. The van der Waals surface area contributed by atoms with Gasteiger partial charge in [0, 0.05) is 13.0 Å². The lowest BCUT2D eigenvalue weighted by Gasteiger charge is -2.10. The number of benzene rings is 1. The van der Waals surface area contributed by atoms with Gasteiger partial charge in [0.25, 0.3) is 0 Å². The van der Waals surface area contributed by atoms with Crippen LogP contribution < -0.4 is 5.32 Å². The number of hydrogen-bond acceptors (Lipinski definition) is 3. The van der Waals surface area contributed by atoms with Gasteiger partial charge in [-0.05, 0) is 11.1 Å². The molecule has 0 saturated heterocycles. The van der Waals surface area contributed by atoms with Crippen molar-refractivity contribution in [3.05, 3.63) is 48.0 Å².